The van der Waals surface area contributed by atoms with E-state index >= 15 is 0 Å². The second-order valence-corrected chi connectivity index (χ2v) is 9.84. The van der Waals surface area contributed by atoms with Crippen molar-refractivity contribution in [2.45, 2.75) is 70.7 Å². The van der Waals surface area contributed by atoms with Gasteiger partial charge < -0.3 is 10.2 Å². The van der Waals surface area contributed by atoms with Crippen LogP contribution in [-0.4, -0.2) is 40.4 Å². The van der Waals surface area contributed by atoms with E-state index in [1.807, 2.05) is 36.1 Å². The van der Waals surface area contributed by atoms with E-state index in [4.69, 9.17) is 0 Å². The summed E-state index contributed by atoms with van der Waals surface area (Å²) in [7, 11) is 0. The van der Waals surface area contributed by atoms with Gasteiger partial charge in [-0.1, -0.05) is 50.8 Å². The predicted octanol–water partition coefficient (Wildman–Crippen LogP) is 4.62. The monoisotopic (exact) mass is 402 g/mol. The number of nitrogens with zero attached hydrogens (tertiary/aromatic N) is 1. The van der Waals surface area contributed by atoms with Crippen LogP contribution in [0.1, 0.15) is 68.3 Å². The van der Waals surface area contributed by atoms with E-state index in [1.165, 1.54) is 19.3 Å². The summed E-state index contributed by atoms with van der Waals surface area (Å²) in [6, 6.07) is 7.38. The van der Waals surface area contributed by atoms with Crippen LogP contribution >= 0.6 is 11.8 Å². The fourth-order valence-electron chi connectivity index (χ4n) is 4.22. The molecule has 1 saturated carbocycles. The van der Waals surface area contributed by atoms with Crippen LogP contribution in [0.4, 0.5) is 0 Å². The minimum atomic E-state index is -0.363. The SMILES string of the molecule is Cc1ccc(C(=O)N2C(C(=O)NCCC(C)C)CSC2C2CCCCC2)cc1. The van der Waals surface area contributed by atoms with Crippen molar-refractivity contribution in [2.75, 3.05) is 12.3 Å². The summed E-state index contributed by atoms with van der Waals surface area (Å²) in [5.74, 6) is 1.77. The molecule has 0 aromatic heterocycles. The van der Waals surface area contributed by atoms with E-state index in [-0.39, 0.29) is 23.2 Å². The number of hydrogen-bond donors (Lipinski definition) is 1. The van der Waals surface area contributed by atoms with E-state index in [1.54, 1.807) is 11.8 Å². The van der Waals surface area contributed by atoms with Crippen LogP contribution in [0, 0.1) is 18.8 Å². The molecule has 1 aromatic rings. The Kier molecular flexibility index (Phi) is 7.44. The average Bonchev–Trinajstić information content (AvgIpc) is 3.13. The second kappa shape index (κ2) is 9.82. The first-order valence-electron chi connectivity index (χ1n) is 10.8. The Balaban J connectivity index is 1.78. The Morgan fingerprint density at radius 3 is 2.46 bits per heavy atom. The fraction of sp³-hybridized carbons (Fsp3) is 0.652. The number of rotatable bonds is 6. The summed E-state index contributed by atoms with van der Waals surface area (Å²) < 4.78 is 0. The van der Waals surface area contributed by atoms with Crippen molar-refractivity contribution in [3.05, 3.63) is 35.4 Å². The lowest BCUT2D eigenvalue weighted by atomic mass is 9.88. The molecule has 0 spiro atoms. The zero-order valence-electron chi connectivity index (χ0n) is 17.4. The molecule has 154 valence electrons. The van der Waals surface area contributed by atoms with E-state index in [9.17, 15) is 9.59 Å². The molecular formula is C23H34N2O2S. The Bertz CT molecular complexity index is 668. The molecule has 2 unspecified atom stereocenters. The highest BCUT2D eigenvalue weighted by Gasteiger charge is 2.45. The van der Waals surface area contributed by atoms with Crippen LogP contribution in [0.5, 0.6) is 0 Å². The van der Waals surface area contributed by atoms with Gasteiger partial charge >= 0.3 is 0 Å². The summed E-state index contributed by atoms with van der Waals surface area (Å²) in [5, 5.41) is 3.20. The number of thioether (sulfide) groups is 1. The van der Waals surface area contributed by atoms with Crippen LogP contribution < -0.4 is 5.32 Å². The molecule has 1 aliphatic heterocycles. The van der Waals surface area contributed by atoms with E-state index in [0.29, 0.717) is 29.7 Å². The maximum Gasteiger partial charge on any atom is 0.255 e. The average molecular weight is 403 g/mol. The summed E-state index contributed by atoms with van der Waals surface area (Å²) in [5.41, 5.74) is 1.83. The van der Waals surface area contributed by atoms with Crippen molar-refractivity contribution in [2.24, 2.45) is 11.8 Å². The molecule has 2 fully saturated rings. The third-order valence-electron chi connectivity index (χ3n) is 5.94. The van der Waals surface area contributed by atoms with Gasteiger partial charge in [0.25, 0.3) is 5.91 Å². The Morgan fingerprint density at radius 2 is 1.82 bits per heavy atom. The van der Waals surface area contributed by atoms with Crippen molar-refractivity contribution in [1.82, 2.24) is 10.2 Å². The van der Waals surface area contributed by atoms with Crippen LogP contribution in [0.3, 0.4) is 0 Å². The molecule has 1 heterocycles. The Hall–Kier alpha value is -1.49. The van der Waals surface area contributed by atoms with Gasteiger partial charge in [-0.3, -0.25) is 9.59 Å². The van der Waals surface area contributed by atoms with Gasteiger partial charge in [0.05, 0.1) is 5.37 Å². The molecule has 0 radical (unpaired) electrons. The molecule has 2 amide bonds. The van der Waals surface area contributed by atoms with Gasteiger partial charge in [-0.05, 0) is 50.2 Å². The first-order chi connectivity index (χ1) is 13.5. The maximum atomic E-state index is 13.4. The maximum absolute atomic E-state index is 13.4. The lowest BCUT2D eigenvalue weighted by Gasteiger charge is -2.35. The molecule has 1 saturated heterocycles. The summed E-state index contributed by atoms with van der Waals surface area (Å²) in [4.78, 5) is 28.3. The van der Waals surface area contributed by atoms with Gasteiger partial charge in [0.1, 0.15) is 6.04 Å². The second-order valence-electron chi connectivity index (χ2n) is 8.69. The lowest BCUT2D eigenvalue weighted by Crippen LogP contribution is -2.51. The Labute approximate surface area is 173 Å². The zero-order chi connectivity index (χ0) is 20.1. The number of carbonyl (C=O) groups is 2. The zero-order valence-corrected chi connectivity index (χ0v) is 18.3. The van der Waals surface area contributed by atoms with Gasteiger partial charge in [-0.2, -0.15) is 0 Å². The molecule has 4 nitrogen and oxygen atoms in total. The molecule has 3 rings (SSSR count). The first kappa shape index (κ1) is 21.2. The van der Waals surface area contributed by atoms with Gasteiger partial charge in [0, 0.05) is 17.9 Å². The van der Waals surface area contributed by atoms with Crippen molar-refractivity contribution >= 4 is 23.6 Å². The molecule has 2 aliphatic rings. The quantitative estimate of drug-likeness (QED) is 0.755. The topological polar surface area (TPSA) is 49.4 Å². The van der Waals surface area contributed by atoms with E-state index < -0.39 is 0 Å². The molecule has 2 atom stereocenters. The molecular weight excluding hydrogens is 368 g/mol. The minimum absolute atomic E-state index is 0.00424. The summed E-state index contributed by atoms with van der Waals surface area (Å²) in [6.45, 7) is 7.02. The van der Waals surface area contributed by atoms with Crippen LogP contribution in [0.2, 0.25) is 0 Å². The molecule has 5 heteroatoms. The number of nitrogens with one attached hydrogen (secondary N) is 1. The summed E-state index contributed by atoms with van der Waals surface area (Å²) >= 11 is 1.80. The predicted molar refractivity (Wildman–Crippen MR) is 116 cm³/mol. The number of carbonyl (C=O) groups excluding carboxylic acids is 2. The highest BCUT2D eigenvalue weighted by molar-refractivity contribution is 8.00. The van der Waals surface area contributed by atoms with Gasteiger partial charge in [-0.25, -0.2) is 0 Å². The third kappa shape index (κ3) is 5.11. The summed E-state index contributed by atoms with van der Waals surface area (Å²) in [6.07, 6.45) is 7.05. The molecule has 1 aromatic carbocycles. The van der Waals surface area contributed by atoms with Crippen LogP contribution in [-0.2, 0) is 4.79 Å². The smallest absolute Gasteiger partial charge is 0.255 e. The van der Waals surface area contributed by atoms with Crippen LogP contribution in [0.15, 0.2) is 24.3 Å². The molecule has 0 bridgehead atoms. The van der Waals surface area contributed by atoms with E-state index in [0.717, 1.165) is 24.8 Å². The number of benzene rings is 1. The highest BCUT2D eigenvalue weighted by Crippen LogP contribution is 2.41. The molecule has 28 heavy (non-hydrogen) atoms. The van der Waals surface area contributed by atoms with E-state index in [2.05, 4.69) is 19.2 Å². The van der Waals surface area contributed by atoms with Crippen LogP contribution in [0.25, 0.3) is 0 Å². The largest absolute Gasteiger partial charge is 0.354 e. The molecule has 1 N–H and O–H groups in total. The Morgan fingerprint density at radius 1 is 1.14 bits per heavy atom. The van der Waals surface area contributed by atoms with Crippen molar-refractivity contribution in [3.8, 4) is 0 Å². The standard InChI is InChI=1S/C23H34N2O2S/c1-16(2)13-14-24-21(26)20-15-28-23(19-7-5-4-6-8-19)25(20)22(27)18-11-9-17(3)10-12-18/h9-12,16,19-20,23H,4-8,13-15H2,1-3H3,(H,24,26). The van der Waals surface area contributed by atoms with Crippen molar-refractivity contribution < 1.29 is 9.59 Å². The van der Waals surface area contributed by atoms with Crippen molar-refractivity contribution in [3.63, 3.8) is 0 Å². The minimum Gasteiger partial charge on any atom is -0.354 e. The lowest BCUT2D eigenvalue weighted by molar-refractivity contribution is -0.125. The third-order valence-corrected chi connectivity index (χ3v) is 7.41. The number of aryl methyl sites for hydroxylation is 1. The normalized spacial score (nSPS) is 23.2. The fourth-order valence-corrected chi connectivity index (χ4v) is 5.86. The highest BCUT2D eigenvalue weighted by atomic mass is 32.2. The van der Waals surface area contributed by atoms with Crippen molar-refractivity contribution in [1.29, 1.82) is 0 Å². The number of hydrogen-bond acceptors (Lipinski definition) is 3. The number of amides is 2. The van der Waals surface area contributed by atoms with Gasteiger partial charge in [0.15, 0.2) is 0 Å². The first-order valence-corrected chi connectivity index (χ1v) is 11.8. The molecule has 1 aliphatic carbocycles. The van der Waals surface area contributed by atoms with Gasteiger partial charge in [0.2, 0.25) is 5.91 Å². The van der Waals surface area contributed by atoms with Gasteiger partial charge in [-0.15, -0.1) is 11.8 Å².